The molecule has 2 rings (SSSR count). The summed E-state index contributed by atoms with van der Waals surface area (Å²) in [5.41, 5.74) is 0.829. The number of piperazine rings is 1. The van der Waals surface area contributed by atoms with Gasteiger partial charge >= 0.3 is 0 Å². The molecule has 1 aromatic carbocycles. The number of rotatable bonds is 2. The maximum Gasteiger partial charge on any atom is 0.159 e. The molecule has 4 heteroatoms. The van der Waals surface area contributed by atoms with E-state index in [-0.39, 0.29) is 11.5 Å². The third-order valence-corrected chi connectivity index (χ3v) is 3.60. The first-order valence-corrected chi connectivity index (χ1v) is 6.79. The molecule has 1 saturated heterocycles. The van der Waals surface area contributed by atoms with Gasteiger partial charge in [-0.3, -0.25) is 4.90 Å². The summed E-state index contributed by atoms with van der Waals surface area (Å²) in [4.78, 5) is 2.35. The third kappa shape index (κ3) is 3.31. The van der Waals surface area contributed by atoms with Crippen molar-refractivity contribution >= 4 is 0 Å². The van der Waals surface area contributed by atoms with Gasteiger partial charge < -0.3 is 5.32 Å². The molecule has 1 fully saturated rings. The summed E-state index contributed by atoms with van der Waals surface area (Å²) >= 11 is 0. The van der Waals surface area contributed by atoms with Crippen molar-refractivity contribution in [3.05, 3.63) is 35.4 Å². The summed E-state index contributed by atoms with van der Waals surface area (Å²) in [5, 5.41) is 3.32. The van der Waals surface area contributed by atoms with Crippen molar-refractivity contribution in [1.82, 2.24) is 10.2 Å². The molecule has 0 spiro atoms. The number of hydrogen-bond donors (Lipinski definition) is 1. The molecule has 1 aliphatic rings. The molecule has 1 N–H and O–H groups in total. The van der Waals surface area contributed by atoms with Crippen LogP contribution in [0.25, 0.3) is 0 Å². The van der Waals surface area contributed by atoms with Crippen LogP contribution in [0.15, 0.2) is 18.2 Å². The number of nitrogens with zero attached hydrogens (tertiary/aromatic N) is 1. The highest BCUT2D eigenvalue weighted by Crippen LogP contribution is 2.38. The molecule has 0 bridgehead atoms. The summed E-state index contributed by atoms with van der Waals surface area (Å²) < 4.78 is 26.6. The highest BCUT2D eigenvalue weighted by atomic mass is 19.2. The Morgan fingerprint density at radius 3 is 2.26 bits per heavy atom. The zero-order valence-electron chi connectivity index (χ0n) is 11.8. The zero-order chi connectivity index (χ0) is 14.0. The molecular formula is C15H22F2N2. The van der Waals surface area contributed by atoms with Gasteiger partial charge in [0.15, 0.2) is 11.6 Å². The standard InChI is InChI=1S/C15H22F2N2/c1-15(2,3)14(19-8-6-18-7-9-19)11-4-5-12(16)13(17)10-11/h4-5,10,14,18H,6-9H2,1-3H3/t14-/m1/s1. The molecular weight excluding hydrogens is 246 g/mol. The van der Waals surface area contributed by atoms with Crippen molar-refractivity contribution in [3.63, 3.8) is 0 Å². The predicted octanol–water partition coefficient (Wildman–Crippen LogP) is 2.96. The van der Waals surface area contributed by atoms with Crippen molar-refractivity contribution in [1.29, 1.82) is 0 Å². The number of hydrogen-bond acceptors (Lipinski definition) is 2. The van der Waals surface area contributed by atoms with Crippen molar-refractivity contribution in [2.45, 2.75) is 26.8 Å². The maximum atomic E-state index is 13.5. The van der Waals surface area contributed by atoms with Crippen LogP contribution in [-0.2, 0) is 0 Å². The topological polar surface area (TPSA) is 15.3 Å². The fraction of sp³-hybridized carbons (Fsp3) is 0.600. The Hall–Kier alpha value is -1.00. The van der Waals surface area contributed by atoms with Crippen molar-refractivity contribution in [2.24, 2.45) is 5.41 Å². The highest BCUT2D eigenvalue weighted by Gasteiger charge is 2.32. The van der Waals surface area contributed by atoms with Crippen LogP contribution in [0, 0.1) is 17.0 Å². The quantitative estimate of drug-likeness (QED) is 0.887. The van der Waals surface area contributed by atoms with E-state index in [1.54, 1.807) is 6.07 Å². The lowest BCUT2D eigenvalue weighted by atomic mass is 9.81. The first kappa shape index (κ1) is 14.4. The summed E-state index contributed by atoms with van der Waals surface area (Å²) in [6.45, 7) is 10.2. The van der Waals surface area contributed by atoms with Crippen LogP contribution < -0.4 is 5.32 Å². The van der Waals surface area contributed by atoms with Gasteiger partial charge in [0.25, 0.3) is 0 Å². The van der Waals surface area contributed by atoms with Crippen molar-refractivity contribution in [2.75, 3.05) is 26.2 Å². The molecule has 0 unspecified atom stereocenters. The van der Waals surface area contributed by atoms with Gasteiger partial charge in [0, 0.05) is 32.2 Å². The molecule has 2 nitrogen and oxygen atoms in total. The SMILES string of the molecule is CC(C)(C)[C@@H](c1ccc(F)c(F)c1)N1CCNCC1. The minimum Gasteiger partial charge on any atom is -0.314 e. The van der Waals surface area contributed by atoms with Gasteiger partial charge in [-0.05, 0) is 23.1 Å². The average molecular weight is 268 g/mol. The van der Waals surface area contributed by atoms with Gasteiger partial charge in [-0.15, -0.1) is 0 Å². The lowest BCUT2D eigenvalue weighted by molar-refractivity contribution is 0.0859. The van der Waals surface area contributed by atoms with Crippen molar-refractivity contribution < 1.29 is 8.78 Å². The Balaban J connectivity index is 2.33. The van der Waals surface area contributed by atoms with Crippen LogP contribution in [0.3, 0.4) is 0 Å². The maximum absolute atomic E-state index is 13.5. The molecule has 0 amide bonds. The molecule has 1 atom stereocenters. The van der Waals surface area contributed by atoms with Crippen LogP contribution >= 0.6 is 0 Å². The second-order valence-electron chi connectivity index (χ2n) is 6.23. The molecule has 0 aromatic heterocycles. The number of halogens is 2. The van der Waals surface area contributed by atoms with E-state index in [1.165, 1.54) is 12.1 Å². The Morgan fingerprint density at radius 2 is 1.74 bits per heavy atom. The summed E-state index contributed by atoms with van der Waals surface area (Å²) in [6.07, 6.45) is 0. The molecule has 19 heavy (non-hydrogen) atoms. The van der Waals surface area contributed by atoms with Gasteiger partial charge in [0.2, 0.25) is 0 Å². The Morgan fingerprint density at radius 1 is 1.11 bits per heavy atom. The number of nitrogens with one attached hydrogen (secondary N) is 1. The molecule has 1 aliphatic heterocycles. The monoisotopic (exact) mass is 268 g/mol. The van der Waals surface area contributed by atoms with E-state index in [9.17, 15) is 8.78 Å². The lowest BCUT2D eigenvalue weighted by Gasteiger charge is -2.42. The van der Waals surface area contributed by atoms with Gasteiger partial charge in [-0.2, -0.15) is 0 Å². The number of benzene rings is 1. The van der Waals surface area contributed by atoms with E-state index in [2.05, 4.69) is 31.0 Å². The van der Waals surface area contributed by atoms with Crippen LogP contribution in [0.5, 0.6) is 0 Å². The molecule has 0 saturated carbocycles. The first-order chi connectivity index (χ1) is 8.89. The van der Waals surface area contributed by atoms with E-state index in [0.717, 1.165) is 31.7 Å². The summed E-state index contributed by atoms with van der Waals surface area (Å²) in [5.74, 6) is -1.54. The molecule has 0 aliphatic carbocycles. The van der Waals surface area contributed by atoms with Crippen LogP contribution in [0.1, 0.15) is 32.4 Å². The third-order valence-electron chi connectivity index (χ3n) is 3.60. The van der Waals surface area contributed by atoms with Crippen LogP contribution in [-0.4, -0.2) is 31.1 Å². The fourth-order valence-corrected chi connectivity index (χ4v) is 2.88. The minimum atomic E-state index is -0.781. The molecule has 106 valence electrons. The van der Waals surface area contributed by atoms with Gasteiger partial charge in [-0.25, -0.2) is 8.78 Å². The highest BCUT2D eigenvalue weighted by molar-refractivity contribution is 5.23. The van der Waals surface area contributed by atoms with Crippen molar-refractivity contribution in [3.8, 4) is 0 Å². The predicted molar refractivity (Wildman–Crippen MR) is 73.0 cm³/mol. The molecule has 1 heterocycles. The van der Waals surface area contributed by atoms with E-state index >= 15 is 0 Å². The normalized spacial score (nSPS) is 19.4. The Bertz CT molecular complexity index is 434. The van der Waals surface area contributed by atoms with Gasteiger partial charge in [-0.1, -0.05) is 26.8 Å². The van der Waals surface area contributed by atoms with E-state index in [4.69, 9.17) is 0 Å². The Kier molecular flexibility index (Phi) is 4.21. The lowest BCUT2D eigenvalue weighted by Crippen LogP contribution is -2.48. The van der Waals surface area contributed by atoms with Crippen LogP contribution in [0.4, 0.5) is 8.78 Å². The average Bonchev–Trinajstić information content (AvgIpc) is 2.34. The summed E-state index contributed by atoms with van der Waals surface area (Å²) in [7, 11) is 0. The largest absolute Gasteiger partial charge is 0.314 e. The van der Waals surface area contributed by atoms with E-state index < -0.39 is 11.6 Å². The second-order valence-corrected chi connectivity index (χ2v) is 6.23. The zero-order valence-corrected chi connectivity index (χ0v) is 11.8. The molecule has 0 radical (unpaired) electrons. The van der Waals surface area contributed by atoms with Gasteiger partial charge in [0.05, 0.1) is 0 Å². The van der Waals surface area contributed by atoms with E-state index in [1.807, 2.05) is 0 Å². The second kappa shape index (κ2) is 5.55. The van der Waals surface area contributed by atoms with Crippen LogP contribution in [0.2, 0.25) is 0 Å². The Labute approximate surface area is 113 Å². The van der Waals surface area contributed by atoms with Gasteiger partial charge in [0.1, 0.15) is 0 Å². The first-order valence-electron chi connectivity index (χ1n) is 6.79. The molecule has 1 aromatic rings. The minimum absolute atomic E-state index is 0.0262. The fourth-order valence-electron chi connectivity index (χ4n) is 2.88. The summed E-state index contributed by atoms with van der Waals surface area (Å²) in [6, 6.07) is 4.37. The smallest absolute Gasteiger partial charge is 0.159 e. The van der Waals surface area contributed by atoms with E-state index in [0.29, 0.717) is 0 Å².